The molecule has 1 saturated heterocycles. The molecule has 1 fully saturated rings. The summed E-state index contributed by atoms with van der Waals surface area (Å²) < 4.78 is 7.04. The average molecular weight is 238 g/mol. The monoisotopic (exact) mass is 238 g/mol. The Balaban J connectivity index is 2.19. The lowest BCUT2D eigenvalue weighted by molar-refractivity contribution is 0.0557. The van der Waals surface area contributed by atoms with Gasteiger partial charge < -0.3 is 15.4 Å². The van der Waals surface area contributed by atoms with Crippen LogP contribution in [0.25, 0.3) is 0 Å². The number of nitrogens with zero attached hydrogens (tertiary/aromatic N) is 3. The molecule has 0 spiro atoms. The van der Waals surface area contributed by atoms with Crippen LogP contribution in [-0.2, 0) is 11.8 Å². The van der Waals surface area contributed by atoms with Gasteiger partial charge in [-0.05, 0) is 13.3 Å². The highest BCUT2D eigenvalue weighted by atomic mass is 16.5. The van der Waals surface area contributed by atoms with E-state index in [1.165, 1.54) is 10.9 Å². The van der Waals surface area contributed by atoms with Crippen molar-refractivity contribution in [1.29, 1.82) is 0 Å². The summed E-state index contributed by atoms with van der Waals surface area (Å²) in [6, 6.07) is 0. The maximum atomic E-state index is 12.3. The largest absolute Gasteiger partial charge is 0.396 e. The van der Waals surface area contributed by atoms with Crippen molar-refractivity contribution in [2.45, 2.75) is 19.4 Å². The number of amides is 1. The predicted molar refractivity (Wildman–Crippen MR) is 63.6 cm³/mol. The van der Waals surface area contributed by atoms with E-state index in [9.17, 15) is 4.79 Å². The van der Waals surface area contributed by atoms with Crippen LogP contribution in [0.15, 0.2) is 6.20 Å². The molecule has 2 rings (SSSR count). The first-order valence-corrected chi connectivity index (χ1v) is 5.78. The number of aromatic nitrogens is 2. The number of carbonyl (C=O) groups excluding carboxylic acids is 1. The molecule has 1 unspecified atom stereocenters. The van der Waals surface area contributed by atoms with Gasteiger partial charge in [-0.3, -0.25) is 9.48 Å². The smallest absolute Gasteiger partial charge is 0.274 e. The fourth-order valence-electron chi connectivity index (χ4n) is 2.04. The van der Waals surface area contributed by atoms with Crippen LogP contribution in [0.2, 0.25) is 0 Å². The summed E-state index contributed by atoms with van der Waals surface area (Å²) in [4.78, 5) is 14.1. The molecule has 1 aromatic heterocycles. The molecule has 0 radical (unpaired) electrons. The normalized spacial score (nSPS) is 21.3. The number of anilines is 1. The van der Waals surface area contributed by atoms with Crippen molar-refractivity contribution in [2.24, 2.45) is 7.05 Å². The van der Waals surface area contributed by atoms with E-state index < -0.39 is 0 Å². The van der Waals surface area contributed by atoms with Gasteiger partial charge in [0.15, 0.2) is 0 Å². The number of carbonyl (C=O) groups is 1. The molecule has 1 amide bonds. The lowest BCUT2D eigenvalue weighted by atomic mass is 10.2. The molecule has 1 aromatic rings. The maximum Gasteiger partial charge on any atom is 0.274 e. The van der Waals surface area contributed by atoms with E-state index in [1.807, 2.05) is 6.92 Å². The Morgan fingerprint density at radius 1 is 1.65 bits per heavy atom. The Labute approximate surface area is 100 Å². The topological polar surface area (TPSA) is 73.4 Å². The summed E-state index contributed by atoms with van der Waals surface area (Å²) in [6.07, 6.45) is 2.43. The van der Waals surface area contributed by atoms with Crippen LogP contribution in [0.5, 0.6) is 0 Å². The molecule has 6 nitrogen and oxygen atoms in total. The van der Waals surface area contributed by atoms with Gasteiger partial charge in [0.1, 0.15) is 5.69 Å². The van der Waals surface area contributed by atoms with Crippen molar-refractivity contribution in [3.8, 4) is 0 Å². The standard InChI is InChI=1S/C11H18N4O2/c1-8-7-15(4-3-5-17-8)11(16)10-9(12)6-13-14(10)2/h6,8H,3-5,7,12H2,1-2H3. The minimum absolute atomic E-state index is 0.0657. The third-order valence-electron chi connectivity index (χ3n) is 2.91. The fourth-order valence-corrected chi connectivity index (χ4v) is 2.04. The summed E-state index contributed by atoms with van der Waals surface area (Å²) in [6.45, 7) is 3.97. The summed E-state index contributed by atoms with van der Waals surface area (Å²) >= 11 is 0. The van der Waals surface area contributed by atoms with E-state index in [4.69, 9.17) is 10.5 Å². The molecule has 6 heteroatoms. The molecular formula is C11H18N4O2. The highest BCUT2D eigenvalue weighted by Crippen LogP contribution is 2.15. The quantitative estimate of drug-likeness (QED) is 0.761. The van der Waals surface area contributed by atoms with Crippen molar-refractivity contribution >= 4 is 11.6 Å². The minimum atomic E-state index is -0.0696. The molecule has 0 aromatic carbocycles. The SMILES string of the molecule is CC1CN(C(=O)c2c(N)cnn2C)CCCO1. The summed E-state index contributed by atoms with van der Waals surface area (Å²) in [5.41, 5.74) is 6.64. The predicted octanol–water partition coefficient (Wildman–Crippen LogP) is 0.253. The van der Waals surface area contributed by atoms with E-state index in [-0.39, 0.29) is 12.0 Å². The van der Waals surface area contributed by atoms with Crippen molar-refractivity contribution in [1.82, 2.24) is 14.7 Å². The molecule has 1 atom stereocenters. The van der Waals surface area contributed by atoms with Crippen LogP contribution in [-0.4, -0.2) is 46.4 Å². The zero-order valence-electron chi connectivity index (χ0n) is 10.2. The lowest BCUT2D eigenvalue weighted by Gasteiger charge is -2.22. The van der Waals surface area contributed by atoms with E-state index in [0.717, 1.165) is 6.42 Å². The average Bonchev–Trinajstić information content (AvgIpc) is 2.51. The fraction of sp³-hybridized carbons (Fsp3) is 0.636. The minimum Gasteiger partial charge on any atom is -0.396 e. The highest BCUT2D eigenvalue weighted by molar-refractivity contribution is 5.97. The molecule has 2 N–H and O–H groups in total. The van der Waals surface area contributed by atoms with Crippen LogP contribution in [0.1, 0.15) is 23.8 Å². The Kier molecular flexibility index (Phi) is 3.33. The lowest BCUT2D eigenvalue weighted by Crippen LogP contribution is -2.37. The third kappa shape index (κ3) is 2.41. The van der Waals surface area contributed by atoms with Gasteiger partial charge >= 0.3 is 0 Å². The second-order valence-corrected chi connectivity index (χ2v) is 4.36. The zero-order valence-corrected chi connectivity index (χ0v) is 10.2. The van der Waals surface area contributed by atoms with Crippen molar-refractivity contribution in [2.75, 3.05) is 25.4 Å². The Morgan fingerprint density at radius 2 is 2.41 bits per heavy atom. The van der Waals surface area contributed by atoms with Crippen molar-refractivity contribution in [3.63, 3.8) is 0 Å². The molecule has 2 heterocycles. The van der Waals surface area contributed by atoms with E-state index >= 15 is 0 Å². The Bertz CT molecular complexity index is 396. The molecule has 1 aliphatic heterocycles. The van der Waals surface area contributed by atoms with Gasteiger partial charge in [0.05, 0.1) is 18.0 Å². The van der Waals surface area contributed by atoms with Crippen LogP contribution in [0.4, 0.5) is 5.69 Å². The van der Waals surface area contributed by atoms with Crippen LogP contribution in [0.3, 0.4) is 0 Å². The van der Waals surface area contributed by atoms with Gasteiger partial charge in [-0.25, -0.2) is 0 Å². The molecule has 0 saturated carbocycles. The first-order valence-electron chi connectivity index (χ1n) is 5.78. The first kappa shape index (κ1) is 11.9. The van der Waals surface area contributed by atoms with Gasteiger partial charge in [0.2, 0.25) is 0 Å². The molecule has 94 valence electrons. The van der Waals surface area contributed by atoms with E-state index in [1.54, 1.807) is 11.9 Å². The summed E-state index contributed by atoms with van der Waals surface area (Å²) in [7, 11) is 1.72. The van der Waals surface area contributed by atoms with Crippen LogP contribution < -0.4 is 5.73 Å². The molecule has 1 aliphatic rings. The number of ether oxygens (including phenoxy) is 1. The van der Waals surface area contributed by atoms with Gasteiger partial charge in [0.25, 0.3) is 5.91 Å². The third-order valence-corrected chi connectivity index (χ3v) is 2.91. The van der Waals surface area contributed by atoms with Gasteiger partial charge in [-0.15, -0.1) is 0 Å². The van der Waals surface area contributed by atoms with Gasteiger partial charge in [-0.1, -0.05) is 0 Å². The summed E-state index contributed by atoms with van der Waals surface area (Å²) in [5.74, 6) is -0.0696. The number of hydrogen-bond donors (Lipinski definition) is 1. The number of aryl methyl sites for hydroxylation is 1. The second-order valence-electron chi connectivity index (χ2n) is 4.36. The number of nitrogen functional groups attached to an aromatic ring is 1. The Hall–Kier alpha value is -1.56. The highest BCUT2D eigenvalue weighted by Gasteiger charge is 2.24. The zero-order chi connectivity index (χ0) is 12.4. The van der Waals surface area contributed by atoms with Gasteiger partial charge in [-0.2, -0.15) is 5.10 Å². The van der Waals surface area contributed by atoms with E-state index in [0.29, 0.717) is 31.1 Å². The molecule has 0 bridgehead atoms. The second kappa shape index (κ2) is 4.75. The number of nitrogens with two attached hydrogens (primary N) is 1. The number of hydrogen-bond acceptors (Lipinski definition) is 4. The first-order chi connectivity index (χ1) is 8.09. The van der Waals surface area contributed by atoms with E-state index in [2.05, 4.69) is 5.10 Å². The molecule has 17 heavy (non-hydrogen) atoms. The summed E-state index contributed by atoms with van der Waals surface area (Å²) in [5, 5.41) is 3.99. The molecule has 0 aliphatic carbocycles. The molecular weight excluding hydrogens is 220 g/mol. The Morgan fingerprint density at radius 3 is 3.06 bits per heavy atom. The van der Waals surface area contributed by atoms with Crippen LogP contribution >= 0.6 is 0 Å². The van der Waals surface area contributed by atoms with Crippen molar-refractivity contribution < 1.29 is 9.53 Å². The van der Waals surface area contributed by atoms with Crippen LogP contribution in [0, 0.1) is 0 Å². The van der Waals surface area contributed by atoms with Gasteiger partial charge in [0, 0.05) is 26.7 Å². The number of rotatable bonds is 1. The maximum absolute atomic E-state index is 12.3. The van der Waals surface area contributed by atoms with Crippen molar-refractivity contribution in [3.05, 3.63) is 11.9 Å².